The number of hydrogen-bond donors (Lipinski definition) is 0. The number of likely N-dealkylation sites (N-methyl/N-ethyl adjacent to an activating group) is 2. The molecule has 2 aromatic rings. The zero-order valence-corrected chi connectivity index (χ0v) is 17.1. The van der Waals surface area contributed by atoms with Crippen LogP contribution in [0.1, 0.15) is 29.2 Å². The second-order valence-corrected chi connectivity index (χ2v) is 7.46. The van der Waals surface area contributed by atoms with Crippen molar-refractivity contribution in [1.29, 1.82) is 5.26 Å². The van der Waals surface area contributed by atoms with Crippen LogP contribution in [0.3, 0.4) is 0 Å². The van der Waals surface area contributed by atoms with Gasteiger partial charge in [0, 0.05) is 26.1 Å². The van der Waals surface area contributed by atoms with Gasteiger partial charge in [0.05, 0.1) is 11.6 Å². The molecule has 0 N–H and O–H groups in total. The van der Waals surface area contributed by atoms with Gasteiger partial charge in [0.1, 0.15) is 17.1 Å². The SMILES string of the molecule is C=Cc1cccc(C#N)c1C=C1C(=O)N(C)C(C)(Cc2ccc(F)cc2)C(=O)N1C. The molecule has 1 aliphatic rings. The topological polar surface area (TPSA) is 64.4 Å². The largest absolute Gasteiger partial charge is 0.326 e. The molecule has 1 fully saturated rings. The van der Waals surface area contributed by atoms with Crippen LogP contribution in [-0.4, -0.2) is 41.2 Å². The molecule has 0 saturated carbocycles. The quantitative estimate of drug-likeness (QED) is 0.733. The van der Waals surface area contributed by atoms with Gasteiger partial charge < -0.3 is 9.80 Å². The molecule has 152 valence electrons. The van der Waals surface area contributed by atoms with Gasteiger partial charge in [-0.15, -0.1) is 0 Å². The fraction of sp³-hybridized carbons (Fsp3) is 0.208. The number of rotatable bonds is 4. The Morgan fingerprint density at radius 3 is 2.43 bits per heavy atom. The molecule has 1 heterocycles. The van der Waals surface area contributed by atoms with Crippen LogP contribution in [0.2, 0.25) is 0 Å². The van der Waals surface area contributed by atoms with Crippen molar-refractivity contribution in [2.75, 3.05) is 14.1 Å². The first-order valence-electron chi connectivity index (χ1n) is 9.41. The molecule has 30 heavy (non-hydrogen) atoms. The molecule has 3 rings (SSSR count). The summed E-state index contributed by atoms with van der Waals surface area (Å²) in [5, 5.41) is 9.45. The van der Waals surface area contributed by atoms with Gasteiger partial charge in [-0.2, -0.15) is 5.26 Å². The Hall–Kier alpha value is -3.72. The van der Waals surface area contributed by atoms with Crippen molar-refractivity contribution in [1.82, 2.24) is 9.80 Å². The van der Waals surface area contributed by atoms with E-state index in [-0.39, 0.29) is 29.7 Å². The maximum atomic E-state index is 13.3. The Morgan fingerprint density at radius 2 is 1.83 bits per heavy atom. The van der Waals surface area contributed by atoms with Crippen LogP contribution in [0.25, 0.3) is 12.2 Å². The number of piperazine rings is 1. The van der Waals surface area contributed by atoms with Crippen LogP contribution in [0.5, 0.6) is 0 Å². The van der Waals surface area contributed by atoms with Gasteiger partial charge in [0.25, 0.3) is 11.8 Å². The highest BCUT2D eigenvalue weighted by molar-refractivity contribution is 6.09. The van der Waals surface area contributed by atoms with Gasteiger partial charge in [0.2, 0.25) is 0 Å². The van der Waals surface area contributed by atoms with Gasteiger partial charge in [-0.1, -0.05) is 36.9 Å². The molecule has 0 bridgehead atoms. The minimum Gasteiger partial charge on any atom is -0.326 e. The second-order valence-electron chi connectivity index (χ2n) is 7.46. The van der Waals surface area contributed by atoms with Crippen molar-refractivity contribution in [3.05, 3.63) is 82.8 Å². The average molecular weight is 403 g/mol. The van der Waals surface area contributed by atoms with Crippen LogP contribution in [0.15, 0.2) is 54.7 Å². The first-order chi connectivity index (χ1) is 14.2. The zero-order chi connectivity index (χ0) is 22.1. The minimum absolute atomic E-state index is 0.171. The summed E-state index contributed by atoms with van der Waals surface area (Å²) in [5.74, 6) is -0.973. The number of halogens is 1. The van der Waals surface area contributed by atoms with Crippen LogP contribution < -0.4 is 0 Å². The monoisotopic (exact) mass is 403 g/mol. The Kier molecular flexibility index (Phi) is 5.57. The van der Waals surface area contributed by atoms with Gasteiger partial charge in [0.15, 0.2) is 0 Å². The molecule has 0 aromatic heterocycles. The van der Waals surface area contributed by atoms with Gasteiger partial charge in [-0.3, -0.25) is 9.59 Å². The number of carbonyl (C=O) groups excluding carboxylic acids is 2. The van der Waals surface area contributed by atoms with Crippen LogP contribution in [-0.2, 0) is 16.0 Å². The van der Waals surface area contributed by atoms with Crippen LogP contribution >= 0.6 is 0 Å². The van der Waals surface area contributed by atoms with E-state index in [0.717, 1.165) is 5.56 Å². The minimum atomic E-state index is -1.13. The smallest absolute Gasteiger partial charge is 0.271 e. The summed E-state index contributed by atoms with van der Waals surface area (Å²) in [6.07, 6.45) is 3.41. The van der Waals surface area contributed by atoms with E-state index in [2.05, 4.69) is 12.6 Å². The van der Waals surface area contributed by atoms with Gasteiger partial charge in [-0.05, 0) is 42.3 Å². The van der Waals surface area contributed by atoms with E-state index in [1.807, 2.05) is 0 Å². The fourth-order valence-electron chi connectivity index (χ4n) is 3.66. The highest BCUT2D eigenvalue weighted by Crippen LogP contribution is 2.32. The number of nitriles is 1. The standard InChI is InChI=1S/C24H22FN3O2/c1-5-17-7-6-8-18(15-26)20(17)13-21-22(29)28(4)24(2,23(30)27(21)3)14-16-9-11-19(25)12-10-16/h5-13H,1,14H2,2-4H3. The van der Waals surface area contributed by atoms with E-state index in [1.54, 1.807) is 63.5 Å². The molecule has 2 aromatic carbocycles. The van der Waals surface area contributed by atoms with E-state index in [9.17, 15) is 19.2 Å². The summed E-state index contributed by atoms with van der Waals surface area (Å²) in [6.45, 7) is 5.46. The fourth-order valence-corrected chi connectivity index (χ4v) is 3.66. The van der Waals surface area contributed by atoms with Crippen molar-refractivity contribution >= 4 is 24.0 Å². The van der Waals surface area contributed by atoms with E-state index in [0.29, 0.717) is 16.7 Å². The Balaban J connectivity index is 2.04. The summed E-state index contributed by atoms with van der Waals surface area (Å²) in [5.41, 5.74) is 1.40. The molecular weight excluding hydrogens is 381 g/mol. The van der Waals surface area contributed by atoms with Gasteiger partial charge >= 0.3 is 0 Å². The maximum absolute atomic E-state index is 13.3. The molecule has 1 aliphatic heterocycles. The average Bonchev–Trinajstić information content (AvgIpc) is 2.75. The number of hydrogen-bond acceptors (Lipinski definition) is 3. The highest BCUT2D eigenvalue weighted by Gasteiger charge is 2.48. The Bertz CT molecular complexity index is 1100. The van der Waals surface area contributed by atoms with Gasteiger partial charge in [-0.25, -0.2) is 4.39 Å². The zero-order valence-electron chi connectivity index (χ0n) is 17.1. The summed E-state index contributed by atoms with van der Waals surface area (Å²) < 4.78 is 13.2. The molecule has 6 heteroatoms. The third-order valence-corrected chi connectivity index (χ3v) is 5.61. The highest BCUT2D eigenvalue weighted by atomic mass is 19.1. The normalized spacial score (nSPS) is 20.4. The second kappa shape index (κ2) is 7.96. The van der Waals surface area contributed by atoms with Crippen LogP contribution in [0, 0.1) is 17.1 Å². The lowest BCUT2D eigenvalue weighted by molar-refractivity contribution is -0.155. The number of carbonyl (C=O) groups is 2. The Labute approximate surface area is 175 Å². The lowest BCUT2D eigenvalue weighted by Crippen LogP contribution is -2.64. The van der Waals surface area contributed by atoms with E-state index >= 15 is 0 Å². The lowest BCUT2D eigenvalue weighted by Gasteiger charge is -2.45. The van der Waals surface area contributed by atoms with Crippen LogP contribution in [0.4, 0.5) is 4.39 Å². The number of nitrogens with zero attached hydrogens (tertiary/aromatic N) is 3. The summed E-state index contributed by atoms with van der Waals surface area (Å²) in [4.78, 5) is 29.3. The third-order valence-electron chi connectivity index (χ3n) is 5.61. The molecule has 0 aliphatic carbocycles. The molecule has 1 unspecified atom stereocenters. The molecule has 1 atom stereocenters. The third kappa shape index (κ3) is 3.50. The maximum Gasteiger partial charge on any atom is 0.271 e. The summed E-state index contributed by atoms with van der Waals surface area (Å²) in [7, 11) is 3.12. The summed E-state index contributed by atoms with van der Waals surface area (Å²) in [6, 6.07) is 13.2. The molecule has 0 spiro atoms. The molecule has 2 amide bonds. The molecule has 5 nitrogen and oxygen atoms in total. The Morgan fingerprint density at radius 1 is 1.17 bits per heavy atom. The van der Waals surface area contributed by atoms with E-state index < -0.39 is 5.54 Å². The van der Waals surface area contributed by atoms with Crippen molar-refractivity contribution in [2.45, 2.75) is 18.9 Å². The molecule has 1 saturated heterocycles. The molecule has 0 radical (unpaired) electrons. The van der Waals surface area contributed by atoms with E-state index in [4.69, 9.17) is 0 Å². The van der Waals surface area contributed by atoms with Crippen molar-refractivity contribution < 1.29 is 14.0 Å². The lowest BCUT2D eigenvalue weighted by atomic mass is 9.86. The first-order valence-corrected chi connectivity index (χ1v) is 9.41. The predicted molar refractivity (Wildman–Crippen MR) is 113 cm³/mol. The van der Waals surface area contributed by atoms with Crippen molar-refractivity contribution in [2.24, 2.45) is 0 Å². The van der Waals surface area contributed by atoms with Crippen molar-refractivity contribution in [3.63, 3.8) is 0 Å². The van der Waals surface area contributed by atoms with Crippen molar-refractivity contribution in [3.8, 4) is 6.07 Å². The number of benzene rings is 2. The first kappa shape index (κ1) is 21.0. The van der Waals surface area contributed by atoms with E-state index in [1.165, 1.54) is 21.9 Å². The number of amides is 2. The summed E-state index contributed by atoms with van der Waals surface area (Å²) >= 11 is 0. The molecular formula is C24H22FN3O2. The predicted octanol–water partition coefficient (Wildman–Crippen LogP) is 3.61.